The Morgan fingerprint density at radius 3 is 2.76 bits per heavy atom. The summed E-state index contributed by atoms with van der Waals surface area (Å²) in [6, 6.07) is -1.40. The summed E-state index contributed by atoms with van der Waals surface area (Å²) in [5.74, 6) is -2.55. The van der Waals surface area contributed by atoms with Crippen molar-refractivity contribution in [3.8, 4) is 0 Å². The Kier molecular flexibility index (Phi) is 3.78. The third-order valence-electron chi connectivity index (χ3n) is 2.80. The lowest BCUT2D eigenvalue weighted by atomic mass is 10.1. The van der Waals surface area contributed by atoms with Crippen LogP contribution in [0.2, 0.25) is 0 Å². The molecule has 0 saturated carbocycles. The highest BCUT2D eigenvalue weighted by atomic mass is 16.4. The average molecular weight is 292 g/mol. The Hall–Kier alpha value is -3.04. The normalized spacial score (nSPS) is 12.0. The molecule has 1 atom stereocenters. The van der Waals surface area contributed by atoms with Crippen LogP contribution >= 0.6 is 0 Å². The molecule has 2 aromatic heterocycles. The first-order chi connectivity index (χ1) is 9.90. The van der Waals surface area contributed by atoms with Crippen molar-refractivity contribution in [1.29, 1.82) is 0 Å². The fraction of sp³-hybridized carbons (Fsp3) is 0.273. The van der Waals surface area contributed by atoms with E-state index in [1.807, 2.05) is 0 Å². The molecule has 0 bridgehead atoms. The zero-order valence-corrected chi connectivity index (χ0v) is 11.0. The number of hydrogen-bond acceptors (Lipinski definition) is 6. The first-order valence-electron chi connectivity index (χ1n) is 5.87. The smallest absolute Gasteiger partial charge is 0.326 e. The number of fused-ring (bicyclic) bond motifs is 1. The maximum Gasteiger partial charge on any atom is 0.326 e. The lowest BCUT2D eigenvalue weighted by molar-refractivity contribution is -0.140. The number of nitrogens with two attached hydrogens (primary N) is 1. The van der Waals surface area contributed by atoms with Crippen LogP contribution in [0.15, 0.2) is 12.5 Å². The first-order valence-corrected chi connectivity index (χ1v) is 5.87. The topological polar surface area (TPSA) is 153 Å². The fourth-order valence-corrected chi connectivity index (χ4v) is 1.75. The summed E-state index contributed by atoms with van der Waals surface area (Å²) in [6.07, 6.45) is 2.04. The number of rotatable bonds is 5. The van der Waals surface area contributed by atoms with Crippen LogP contribution < -0.4 is 11.1 Å². The second-order valence-electron chi connectivity index (χ2n) is 4.26. The monoisotopic (exact) mass is 292 g/mol. The molecule has 2 heterocycles. The quantitative estimate of drug-likeness (QED) is 0.605. The molecule has 2 rings (SSSR count). The van der Waals surface area contributed by atoms with E-state index in [0.717, 1.165) is 0 Å². The van der Waals surface area contributed by atoms with Gasteiger partial charge in [-0.2, -0.15) is 10.1 Å². The van der Waals surface area contributed by atoms with Gasteiger partial charge in [-0.25, -0.2) is 14.3 Å². The predicted octanol–water partition coefficient (Wildman–Crippen LogP) is -1.51. The molecule has 0 aliphatic carbocycles. The van der Waals surface area contributed by atoms with Gasteiger partial charge in [-0.15, -0.1) is 0 Å². The van der Waals surface area contributed by atoms with Gasteiger partial charge in [-0.1, -0.05) is 0 Å². The molecule has 10 nitrogen and oxygen atoms in total. The average Bonchev–Trinajstić information content (AvgIpc) is 2.86. The van der Waals surface area contributed by atoms with Crippen molar-refractivity contribution >= 4 is 23.6 Å². The van der Waals surface area contributed by atoms with Crippen LogP contribution in [-0.4, -0.2) is 48.5 Å². The number of carboxylic acids is 1. The van der Waals surface area contributed by atoms with Gasteiger partial charge >= 0.3 is 5.97 Å². The highest BCUT2D eigenvalue weighted by molar-refractivity contribution is 5.98. The van der Waals surface area contributed by atoms with E-state index in [9.17, 15) is 14.4 Å². The summed E-state index contributed by atoms with van der Waals surface area (Å²) in [6.45, 7) is 1.61. The summed E-state index contributed by atoms with van der Waals surface area (Å²) in [7, 11) is 0. The Morgan fingerprint density at radius 1 is 1.43 bits per heavy atom. The molecule has 0 unspecified atom stereocenters. The number of primary amides is 1. The minimum Gasteiger partial charge on any atom is -0.480 e. The van der Waals surface area contributed by atoms with Gasteiger partial charge in [0.25, 0.3) is 11.7 Å². The third-order valence-corrected chi connectivity index (χ3v) is 2.80. The zero-order valence-electron chi connectivity index (χ0n) is 11.0. The van der Waals surface area contributed by atoms with Gasteiger partial charge in [-0.3, -0.25) is 9.59 Å². The number of nitrogens with zero attached hydrogens (tertiary/aromatic N) is 4. The molecule has 0 spiro atoms. The van der Waals surface area contributed by atoms with E-state index in [1.165, 1.54) is 17.0 Å². The maximum atomic E-state index is 12.1. The number of hydrogen-bond donors (Lipinski definition) is 3. The van der Waals surface area contributed by atoms with Crippen molar-refractivity contribution < 1.29 is 19.5 Å². The number of carbonyl (C=O) groups is 3. The summed E-state index contributed by atoms with van der Waals surface area (Å²) >= 11 is 0. The van der Waals surface area contributed by atoms with E-state index in [1.54, 1.807) is 6.92 Å². The first kappa shape index (κ1) is 14.4. The Balaban J connectivity index is 2.26. The van der Waals surface area contributed by atoms with E-state index in [4.69, 9.17) is 10.8 Å². The molecule has 2 aromatic rings. The molecule has 0 radical (unpaired) electrons. The Bertz CT molecular complexity index is 725. The molecular formula is C11H12N6O4. The van der Waals surface area contributed by atoms with Crippen LogP contribution in [0.25, 0.3) is 5.78 Å². The van der Waals surface area contributed by atoms with Crippen molar-refractivity contribution in [3.63, 3.8) is 0 Å². The van der Waals surface area contributed by atoms with E-state index in [0.29, 0.717) is 11.5 Å². The molecule has 21 heavy (non-hydrogen) atoms. The van der Waals surface area contributed by atoms with Crippen LogP contribution in [0.5, 0.6) is 0 Å². The molecule has 0 aliphatic heterocycles. The molecule has 0 aliphatic rings. The van der Waals surface area contributed by atoms with Crippen LogP contribution in [0, 0.1) is 6.92 Å². The lowest BCUT2D eigenvalue weighted by Gasteiger charge is -2.13. The molecule has 0 fully saturated rings. The molecule has 4 N–H and O–H groups in total. The van der Waals surface area contributed by atoms with Crippen molar-refractivity contribution in [3.05, 3.63) is 23.8 Å². The van der Waals surface area contributed by atoms with Crippen LogP contribution in [0.3, 0.4) is 0 Å². The number of aromatic nitrogens is 4. The molecule has 10 heteroatoms. The van der Waals surface area contributed by atoms with Crippen molar-refractivity contribution in [2.45, 2.75) is 19.4 Å². The van der Waals surface area contributed by atoms with E-state index < -0.39 is 30.2 Å². The van der Waals surface area contributed by atoms with Crippen LogP contribution in [0.4, 0.5) is 0 Å². The number of carbonyl (C=O) groups excluding carboxylic acids is 2. The Morgan fingerprint density at radius 2 is 2.14 bits per heavy atom. The van der Waals surface area contributed by atoms with Crippen LogP contribution in [0.1, 0.15) is 22.5 Å². The summed E-state index contributed by atoms with van der Waals surface area (Å²) < 4.78 is 1.35. The number of aryl methyl sites for hydroxylation is 1. The minimum atomic E-state index is -1.40. The van der Waals surface area contributed by atoms with Crippen molar-refractivity contribution in [2.24, 2.45) is 5.73 Å². The largest absolute Gasteiger partial charge is 0.480 e. The second kappa shape index (κ2) is 5.53. The van der Waals surface area contributed by atoms with Gasteiger partial charge in [0.2, 0.25) is 5.91 Å². The van der Waals surface area contributed by atoms with Gasteiger partial charge in [0, 0.05) is 6.20 Å². The zero-order chi connectivity index (χ0) is 15.6. The number of aliphatic carboxylic acids is 1. The van der Waals surface area contributed by atoms with Gasteiger partial charge in [0.1, 0.15) is 12.4 Å². The van der Waals surface area contributed by atoms with Gasteiger partial charge < -0.3 is 16.2 Å². The molecule has 110 valence electrons. The molecule has 0 saturated heterocycles. The van der Waals surface area contributed by atoms with Crippen LogP contribution in [-0.2, 0) is 9.59 Å². The van der Waals surface area contributed by atoms with E-state index in [2.05, 4.69) is 20.4 Å². The van der Waals surface area contributed by atoms with Gasteiger partial charge in [0.15, 0.2) is 0 Å². The Labute approximate surface area is 118 Å². The minimum absolute atomic E-state index is 0.128. The SMILES string of the molecule is Cc1c(C(=O)N[C@H](CC(N)=O)C(=O)O)cnc2ncnn12. The highest BCUT2D eigenvalue weighted by Crippen LogP contribution is 2.08. The highest BCUT2D eigenvalue weighted by Gasteiger charge is 2.24. The van der Waals surface area contributed by atoms with Gasteiger partial charge in [0.05, 0.1) is 17.7 Å². The van der Waals surface area contributed by atoms with Gasteiger partial charge in [-0.05, 0) is 6.92 Å². The maximum absolute atomic E-state index is 12.1. The van der Waals surface area contributed by atoms with E-state index in [-0.39, 0.29) is 5.56 Å². The standard InChI is InChI=1S/C11H12N6O4/c1-5-6(3-13-11-14-4-15-17(5)11)9(19)16-7(10(20)21)2-8(12)18/h3-4,7H,2H2,1H3,(H2,12,18)(H,16,19)(H,20,21)/t7-/m1/s1. The predicted molar refractivity (Wildman–Crippen MR) is 68.2 cm³/mol. The number of carboxylic acid groups (broad SMARTS) is 1. The van der Waals surface area contributed by atoms with Crippen molar-refractivity contribution in [1.82, 2.24) is 24.9 Å². The molecular weight excluding hydrogens is 280 g/mol. The molecule has 0 aromatic carbocycles. The number of nitrogens with one attached hydrogen (secondary N) is 1. The van der Waals surface area contributed by atoms with Crippen molar-refractivity contribution in [2.75, 3.05) is 0 Å². The second-order valence-corrected chi connectivity index (χ2v) is 4.26. The summed E-state index contributed by atoms with van der Waals surface area (Å²) in [4.78, 5) is 41.7. The summed E-state index contributed by atoms with van der Waals surface area (Å²) in [5.41, 5.74) is 5.52. The lowest BCUT2D eigenvalue weighted by Crippen LogP contribution is -2.43. The summed E-state index contributed by atoms with van der Waals surface area (Å²) in [5, 5.41) is 15.1. The molecule has 2 amide bonds. The number of amides is 2. The fourth-order valence-electron chi connectivity index (χ4n) is 1.75. The third kappa shape index (κ3) is 2.94. The van der Waals surface area contributed by atoms with E-state index >= 15 is 0 Å².